The van der Waals surface area contributed by atoms with E-state index in [0.29, 0.717) is 17.1 Å². The minimum absolute atomic E-state index is 0.0316. The number of hydrogen-bond donors (Lipinski definition) is 3. The summed E-state index contributed by atoms with van der Waals surface area (Å²) in [7, 11) is 0. The number of carboxylic acids is 1. The number of alkyl carbamates (subject to hydrolysis) is 1. The molecule has 1 heterocycles. The molecule has 3 aromatic rings. The van der Waals surface area contributed by atoms with Gasteiger partial charge in [-0.05, 0) is 35.6 Å². The maximum atomic E-state index is 12.6. The average molecular weight is 494 g/mol. The zero-order valence-corrected chi connectivity index (χ0v) is 20.4. The van der Waals surface area contributed by atoms with Crippen LogP contribution in [0.3, 0.4) is 0 Å². The first-order valence-electron chi connectivity index (χ1n) is 11.4. The molecule has 0 saturated heterocycles. The van der Waals surface area contributed by atoms with Crippen molar-refractivity contribution in [2.75, 3.05) is 13.2 Å². The third-order valence-electron chi connectivity index (χ3n) is 6.15. The van der Waals surface area contributed by atoms with Crippen molar-refractivity contribution in [3.63, 3.8) is 0 Å². The Kier molecular flexibility index (Phi) is 7.45. The lowest BCUT2D eigenvalue weighted by Crippen LogP contribution is -2.38. The molecule has 1 aromatic heterocycles. The number of aryl methyl sites for hydroxylation is 1. The van der Waals surface area contributed by atoms with Gasteiger partial charge in [-0.1, -0.05) is 55.5 Å². The first-order valence-corrected chi connectivity index (χ1v) is 12.3. The highest BCUT2D eigenvalue weighted by atomic mass is 32.1. The number of thiazole rings is 1. The molecule has 8 nitrogen and oxygen atoms in total. The Morgan fingerprint density at radius 1 is 1.06 bits per heavy atom. The highest BCUT2D eigenvalue weighted by Crippen LogP contribution is 2.44. The van der Waals surface area contributed by atoms with Crippen molar-refractivity contribution in [3.05, 3.63) is 75.2 Å². The van der Waals surface area contributed by atoms with E-state index in [1.807, 2.05) is 31.2 Å². The smallest absolute Gasteiger partial charge is 0.407 e. The van der Waals surface area contributed by atoms with Crippen molar-refractivity contribution in [1.29, 1.82) is 0 Å². The standard InChI is InChI=1S/C26H27N3O5S/c1-3-16(24(30)27-13-22-29-15(2)23(35-22)25(31)32)12-28-26(33)34-14-21-19-10-6-4-8-17(19)18-9-5-7-11-20(18)21/h4-11,16,21H,3,12-14H2,1-2H3,(H,27,30)(H,28,33)(H,31,32). The maximum absolute atomic E-state index is 12.6. The van der Waals surface area contributed by atoms with Crippen molar-refractivity contribution >= 4 is 29.3 Å². The second-order valence-corrected chi connectivity index (χ2v) is 9.44. The zero-order valence-electron chi connectivity index (χ0n) is 19.5. The van der Waals surface area contributed by atoms with Gasteiger partial charge in [0.1, 0.15) is 16.5 Å². The van der Waals surface area contributed by atoms with Crippen molar-refractivity contribution < 1.29 is 24.2 Å². The van der Waals surface area contributed by atoms with Crippen LogP contribution in [0, 0.1) is 12.8 Å². The Hall–Kier alpha value is -3.72. The molecule has 0 saturated carbocycles. The first kappa shape index (κ1) is 24.4. The number of nitrogens with zero attached hydrogens (tertiary/aromatic N) is 1. The molecule has 0 radical (unpaired) electrons. The van der Waals surface area contributed by atoms with Crippen LogP contribution in [0.2, 0.25) is 0 Å². The molecule has 0 aliphatic heterocycles. The Bertz CT molecular complexity index is 1210. The molecule has 9 heteroatoms. The van der Waals surface area contributed by atoms with Crippen LogP contribution < -0.4 is 10.6 Å². The zero-order chi connectivity index (χ0) is 24.9. The van der Waals surface area contributed by atoms with E-state index in [0.717, 1.165) is 33.6 Å². The van der Waals surface area contributed by atoms with Crippen LogP contribution >= 0.6 is 11.3 Å². The average Bonchev–Trinajstić information content (AvgIpc) is 3.39. The van der Waals surface area contributed by atoms with Gasteiger partial charge in [0.05, 0.1) is 18.2 Å². The minimum Gasteiger partial charge on any atom is -0.477 e. The second-order valence-electron chi connectivity index (χ2n) is 8.36. The van der Waals surface area contributed by atoms with Crippen molar-refractivity contribution in [3.8, 4) is 11.1 Å². The Morgan fingerprint density at radius 2 is 1.69 bits per heavy atom. The number of carboxylic acid groups (broad SMARTS) is 1. The van der Waals surface area contributed by atoms with Crippen LogP contribution in [-0.4, -0.2) is 41.2 Å². The summed E-state index contributed by atoms with van der Waals surface area (Å²) in [5.74, 6) is -1.75. The van der Waals surface area contributed by atoms with Crippen LogP contribution in [-0.2, 0) is 16.1 Å². The number of amides is 2. The minimum atomic E-state index is -1.03. The topological polar surface area (TPSA) is 118 Å². The van der Waals surface area contributed by atoms with E-state index in [4.69, 9.17) is 9.84 Å². The third-order valence-corrected chi connectivity index (χ3v) is 7.29. The van der Waals surface area contributed by atoms with Crippen LogP contribution in [0.5, 0.6) is 0 Å². The SMILES string of the molecule is CCC(CNC(=O)OCC1c2ccccc2-c2ccccc21)C(=O)NCc1nc(C)c(C(=O)O)s1. The lowest BCUT2D eigenvalue weighted by atomic mass is 9.98. The summed E-state index contributed by atoms with van der Waals surface area (Å²) in [5.41, 5.74) is 5.01. The van der Waals surface area contributed by atoms with Gasteiger partial charge in [-0.3, -0.25) is 4.79 Å². The molecule has 2 amide bonds. The van der Waals surface area contributed by atoms with E-state index in [2.05, 4.69) is 39.9 Å². The van der Waals surface area contributed by atoms with Crippen LogP contribution in [0.1, 0.15) is 50.8 Å². The number of fused-ring (bicyclic) bond motifs is 3. The molecule has 1 aliphatic rings. The van der Waals surface area contributed by atoms with E-state index < -0.39 is 18.0 Å². The van der Waals surface area contributed by atoms with Gasteiger partial charge in [-0.2, -0.15) is 0 Å². The quantitative estimate of drug-likeness (QED) is 0.408. The largest absolute Gasteiger partial charge is 0.477 e. The molecular weight excluding hydrogens is 466 g/mol. The van der Waals surface area contributed by atoms with E-state index in [1.54, 1.807) is 6.92 Å². The summed E-state index contributed by atoms with van der Waals surface area (Å²) in [4.78, 5) is 40.5. The summed E-state index contributed by atoms with van der Waals surface area (Å²) in [5, 5.41) is 15.1. The number of benzene rings is 2. The Morgan fingerprint density at radius 3 is 2.26 bits per heavy atom. The molecule has 35 heavy (non-hydrogen) atoms. The summed E-state index contributed by atoms with van der Waals surface area (Å²) in [6.07, 6.45) is -0.0491. The molecule has 1 aliphatic carbocycles. The van der Waals surface area contributed by atoms with Gasteiger partial charge in [-0.25, -0.2) is 14.6 Å². The predicted molar refractivity (Wildman–Crippen MR) is 133 cm³/mol. The van der Waals surface area contributed by atoms with Gasteiger partial charge >= 0.3 is 12.1 Å². The number of hydrogen-bond acceptors (Lipinski definition) is 6. The number of aromatic nitrogens is 1. The fourth-order valence-corrected chi connectivity index (χ4v) is 5.16. The molecule has 0 bridgehead atoms. The number of nitrogens with one attached hydrogen (secondary N) is 2. The second kappa shape index (κ2) is 10.7. The maximum Gasteiger partial charge on any atom is 0.407 e. The van der Waals surface area contributed by atoms with Crippen molar-refractivity contribution in [2.45, 2.75) is 32.7 Å². The van der Waals surface area contributed by atoms with Gasteiger partial charge in [0.2, 0.25) is 5.91 Å². The van der Waals surface area contributed by atoms with Gasteiger partial charge < -0.3 is 20.5 Å². The molecule has 4 rings (SSSR count). The number of ether oxygens (including phenoxy) is 1. The van der Waals surface area contributed by atoms with Crippen LogP contribution in [0.15, 0.2) is 48.5 Å². The van der Waals surface area contributed by atoms with Crippen LogP contribution in [0.4, 0.5) is 4.79 Å². The fourth-order valence-electron chi connectivity index (χ4n) is 4.31. The van der Waals surface area contributed by atoms with Crippen LogP contribution in [0.25, 0.3) is 11.1 Å². The Balaban J connectivity index is 1.28. The summed E-state index contributed by atoms with van der Waals surface area (Å²) < 4.78 is 5.54. The molecular formula is C26H27N3O5S. The number of aromatic carboxylic acids is 1. The lowest BCUT2D eigenvalue weighted by Gasteiger charge is -2.17. The lowest BCUT2D eigenvalue weighted by molar-refractivity contribution is -0.125. The first-order chi connectivity index (χ1) is 16.9. The summed E-state index contributed by atoms with van der Waals surface area (Å²) in [6, 6.07) is 16.2. The highest BCUT2D eigenvalue weighted by Gasteiger charge is 2.29. The highest BCUT2D eigenvalue weighted by molar-refractivity contribution is 7.13. The number of carbonyl (C=O) groups excluding carboxylic acids is 2. The third kappa shape index (κ3) is 5.35. The number of carbonyl (C=O) groups is 3. The van der Waals surface area contributed by atoms with E-state index >= 15 is 0 Å². The van der Waals surface area contributed by atoms with Crippen molar-refractivity contribution in [2.24, 2.45) is 5.92 Å². The molecule has 182 valence electrons. The summed E-state index contributed by atoms with van der Waals surface area (Å²) >= 11 is 1.04. The van der Waals surface area contributed by atoms with E-state index in [9.17, 15) is 14.4 Å². The molecule has 0 spiro atoms. The van der Waals surface area contributed by atoms with Gasteiger partial charge in [0, 0.05) is 12.5 Å². The fraction of sp³-hybridized carbons (Fsp3) is 0.308. The van der Waals surface area contributed by atoms with Gasteiger partial charge in [-0.15, -0.1) is 11.3 Å². The molecule has 0 fully saturated rings. The van der Waals surface area contributed by atoms with Gasteiger partial charge in [0.15, 0.2) is 0 Å². The molecule has 2 aromatic carbocycles. The van der Waals surface area contributed by atoms with E-state index in [1.165, 1.54) is 0 Å². The molecule has 3 N–H and O–H groups in total. The Labute approximate surface area is 207 Å². The normalized spacial score (nSPS) is 13.0. The van der Waals surface area contributed by atoms with Crippen molar-refractivity contribution in [1.82, 2.24) is 15.6 Å². The monoisotopic (exact) mass is 493 g/mol. The molecule has 1 unspecified atom stereocenters. The van der Waals surface area contributed by atoms with Gasteiger partial charge in [0.25, 0.3) is 0 Å². The van der Waals surface area contributed by atoms with E-state index in [-0.39, 0.29) is 36.4 Å². The summed E-state index contributed by atoms with van der Waals surface area (Å²) in [6.45, 7) is 3.96. The number of rotatable bonds is 9. The predicted octanol–water partition coefficient (Wildman–Crippen LogP) is 4.33. The molecule has 1 atom stereocenters.